The molecule has 0 aliphatic heterocycles. The summed E-state index contributed by atoms with van der Waals surface area (Å²) in [7, 11) is 0. The standard InChI is InChI=1S/C30H16F2S4/c31-19-7-1-17(2-8-19)5-11-21-13-27-29(33-21)23-15-26-24(16-25(23)35-27)30-28(36-26)14-22(34-30)12-6-18-3-9-20(32)10-4-18/h1-16H/b11-5+,12-6+. The SMILES string of the molecule is Fc1ccc(/C=C/c2cc3sc4cc5c(cc4c3s2)sc2cc(/C=C/c3ccc(F)cc3)sc25)cc1. The molecule has 0 aliphatic carbocycles. The number of benzene rings is 3. The quantitative estimate of drug-likeness (QED) is 0.207. The number of thiophene rings is 4. The van der Waals surface area contributed by atoms with Crippen LogP contribution in [0.4, 0.5) is 8.78 Å². The summed E-state index contributed by atoms with van der Waals surface area (Å²) >= 11 is 7.29. The third kappa shape index (κ3) is 4.00. The molecule has 7 aromatic rings. The van der Waals surface area contributed by atoms with E-state index in [0.717, 1.165) is 11.1 Å². The van der Waals surface area contributed by atoms with Gasteiger partial charge < -0.3 is 0 Å². The van der Waals surface area contributed by atoms with Crippen LogP contribution in [0, 0.1) is 11.6 Å². The normalized spacial score (nSPS) is 12.5. The van der Waals surface area contributed by atoms with E-state index in [-0.39, 0.29) is 11.6 Å². The third-order valence-corrected chi connectivity index (χ3v) is 10.8. The van der Waals surface area contributed by atoms with Crippen molar-refractivity contribution in [3.63, 3.8) is 0 Å². The van der Waals surface area contributed by atoms with E-state index in [1.165, 1.54) is 73.0 Å². The zero-order valence-corrected chi connectivity index (χ0v) is 21.9. The van der Waals surface area contributed by atoms with E-state index in [9.17, 15) is 8.78 Å². The highest BCUT2D eigenvalue weighted by molar-refractivity contribution is 7.34. The molecule has 3 aromatic carbocycles. The minimum atomic E-state index is -0.215. The van der Waals surface area contributed by atoms with Crippen molar-refractivity contribution >= 4 is 109 Å². The molecule has 0 saturated heterocycles. The van der Waals surface area contributed by atoms with Gasteiger partial charge in [-0.15, -0.1) is 45.3 Å². The second kappa shape index (κ2) is 8.75. The van der Waals surface area contributed by atoms with Crippen molar-refractivity contribution in [3.05, 3.63) is 105 Å². The van der Waals surface area contributed by atoms with Gasteiger partial charge in [-0.05, 0) is 71.8 Å². The van der Waals surface area contributed by atoms with Crippen molar-refractivity contribution in [3.8, 4) is 0 Å². The Hall–Kier alpha value is -3.16. The second-order valence-electron chi connectivity index (χ2n) is 8.50. The van der Waals surface area contributed by atoms with Gasteiger partial charge in [0, 0.05) is 39.3 Å². The first-order valence-electron chi connectivity index (χ1n) is 11.3. The molecule has 0 spiro atoms. The van der Waals surface area contributed by atoms with Gasteiger partial charge in [-0.3, -0.25) is 0 Å². The zero-order valence-electron chi connectivity index (χ0n) is 18.6. The predicted octanol–water partition coefficient (Wildman–Crippen LogP) is 11.2. The lowest BCUT2D eigenvalue weighted by atomic mass is 10.2. The number of rotatable bonds is 4. The number of halogens is 2. The van der Waals surface area contributed by atoms with E-state index in [1.54, 1.807) is 46.9 Å². The first-order chi connectivity index (χ1) is 17.6. The molecule has 4 heterocycles. The lowest BCUT2D eigenvalue weighted by molar-refractivity contribution is 0.627. The van der Waals surface area contributed by atoms with Crippen LogP contribution in [0.3, 0.4) is 0 Å². The maximum Gasteiger partial charge on any atom is 0.123 e. The Balaban J connectivity index is 1.23. The van der Waals surface area contributed by atoms with Crippen LogP contribution >= 0.6 is 45.3 Å². The highest BCUT2D eigenvalue weighted by Gasteiger charge is 2.14. The van der Waals surface area contributed by atoms with Crippen LogP contribution in [-0.2, 0) is 0 Å². The summed E-state index contributed by atoms with van der Waals surface area (Å²) in [6.45, 7) is 0. The van der Waals surface area contributed by atoms with E-state index in [4.69, 9.17) is 0 Å². The fourth-order valence-corrected chi connectivity index (χ4v) is 9.20. The average molecular weight is 543 g/mol. The van der Waals surface area contributed by atoms with Crippen molar-refractivity contribution in [2.24, 2.45) is 0 Å². The van der Waals surface area contributed by atoms with Crippen LogP contribution in [0.2, 0.25) is 0 Å². The van der Waals surface area contributed by atoms with Crippen molar-refractivity contribution in [2.45, 2.75) is 0 Å². The largest absolute Gasteiger partial charge is 0.207 e. The summed E-state index contributed by atoms with van der Waals surface area (Å²) in [5, 5.41) is 2.64. The first kappa shape index (κ1) is 22.1. The number of hydrogen-bond acceptors (Lipinski definition) is 4. The van der Waals surface area contributed by atoms with Crippen molar-refractivity contribution < 1.29 is 8.78 Å². The molecule has 7 rings (SSSR count). The van der Waals surface area contributed by atoms with Crippen LogP contribution in [-0.4, -0.2) is 0 Å². The summed E-state index contributed by atoms with van der Waals surface area (Å²) in [5.74, 6) is -0.430. The molecule has 4 aromatic heterocycles. The number of hydrogen-bond donors (Lipinski definition) is 0. The maximum absolute atomic E-state index is 13.2. The van der Waals surface area contributed by atoms with Crippen LogP contribution < -0.4 is 0 Å². The molecule has 0 amide bonds. The Morgan fingerprint density at radius 3 is 1.28 bits per heavy atom. The molecule has 0 N–H and O–H groups in total. The van der Waals surface area contributed by atoms with Gasteiger partial charge in [-0.25, -0.2) is 8.78 Å². The molecule has 36 heavy (non-hydrogen) atoms. The van der Waals surface area contributed by atoms with Gasteiger partial charge in [0.2, 0.25) is 0 Å². The Morgan fingerprint density at radius 1 is 0.444 bits per heavy atom. The fraction of sp³-hybridized carbons (Fsp3) is 0. The summed E-state index contributed by atoms with van der Waals surface area (Å²) in [6.07, 6.45) is 8.28. The van der Waals surface area contributed by atoms with Gasteiger partial charge in [0.25, 0.3) is 0 Å². The Labute approximate surface area is 221 Å². The van der Waals surface area contributed by atoms with Crippen molar-refractivity contribution in [1.82, 2.24) is 0 Å². The van der Waals surface area contributed by atoms with Gasteiger partial charge >= 0.3 is 0 Å². The van der Waals surface area contributed by atoms with Gasteiger partial charge in [-0.2, -0.15) is 0 Å². The minimum Gasteiger partial charge on any atom is -0.207 e. The molecule has 0 radical (unpaired) electrons. The Bertz CT molecular complexity index is 1800. The average Bonchev–Trinajstić information content (AvgIpc) is 3.61. The highest BCUT2D eigenvalue weighted by atomic mass is 32.1. The molecule has 174 valence electrons. The second-order valence-corrected chi connectivity index (χ2v) is 12.8. The predicted molar refractivity (Wildman–Crippen MR) is 159 cm³/mol. The van der Waals surface area contributed by atoms with Gasteiger partial charge in [0.1, 0.15) is 11.6 Å². The molecule has 0 nitrogen and oxygen atoms in total. The summed E-state index contributed by atoms with van der Waals surface area (Å²) in [4.78, 5) is 2.40. The highest BCUT2D eigenvalue weighted by Crippen LogP contribution is 2.46. The van der Waals surface area contributed by atoms with E-state index in [2.05, 4.69) is 36.4 Å². The van der Waals surface area contributed by atoms with Crippen LogP contribution in [0.1, 0.15) is 20.9 Å². The molecule has 0 unspecified atom stereocenters. The summed E-state index contributed by atoms with van der Waals surface area (Å²) in [5.41, 5.74) is 1.98. The van der Waals surface area contributed by atoms with E-state index >= 15 is 0 Å². The monoisotopic (exact) mass is 542 g/mol. The van der Waals surface area contributed by atoms with Crippen LogP contribution in [0.25, 0.3) is 63.3 Å². The maximum atomic E-state index is 13.2. The molecule has 0 bridgehead atoms. The van der Waals surface area contributed by atoms with Gasteiger partial charge in [-0.1, -0.05) is 36.4 Å². The lowest BCUT2D eigenvalue weighted by Crippen LogP contribution is -1.73. The molecule has 6 heteroatoms. The van der Waals surface area contributed by atoms with Gasteiger partial charge in [0.05, 0.1) is 9.40 Å². The zero-order chi connectivity index (χ0) is 24.2. The first-order valence-corrected chi connectivity index (χ1v) is 14.6. The van der Waals surface area contributed by atoms with E-state index < -0.39 is 0 Å². The molecule has 0 aliphatic rings. The van der Waals surface area contributed by atoms with E-state index in [0.29, 0.717) is 0 Å². The third-order valence-electron chi connectivity index (χ3n) is 6.07. The minimum absolute atomic E-state index is 0.215. The molecular weight excluding hydrogens is 527 g/mol. The van der Waals surface area contributed by atoms with Crippen molar-refractivity contribution in [2.75, 3.05) is 0 Å². The van der Waals surface area contributed by atoms with Gasteiger partial charge in [0.15, 0.2) is 0 Å². The van der Waals surface area contributed by atoms with E-state index in [1.807, 2.05) is 34.8 Å². The molecule has 0 saturated carbocycles. The smallest absolute Gasteiger partial charge is 0.123 e. The van der Waals surface area contributed by atoms with Crippen molar-refractivity contribution in [1.29, 1.82) is 0 Å². The van der Waals surface area contributed by atoms with Crippen LogP contribution in [0.15, 0.2) is 72.8 Å². The topological polar surface area (TPSA) is 0 Å². The molecule has 0 fully saturated rings. The Morgan fingerprint density at radius 2 is 0.861 bits per heavy atom. The summed E-state index contributed by atoms with van der Waals surface area (Å²) in [6, 6.07) is 22.3. The molecular formula is C30H16F2S4. The fourth-order valence-electron chi connectivity index (χ4n) is 4.30. The van der Waals surface area contributed by atoms with Crippen LogP contribution in [0.5, 0.6) is 0 Å². The number of fused-ring (bicyclic) bond motifs is 6. The molecule has 0 atom stereocenters. The lowest BCUT2D eigenvalue weighted by Gasteiger charge is -1.94. The summed E-state index contributed by atoms with van der Waals surface area (Å²) < 4.78 is 34.2. The Kier molecular flexibility index (Phi) is 5.36.